The van der Waals surface area contributed by atoms with Crippen LogP contribution in [-0.4, -0.2) is 37.2 Å². The highest BCUT2D eigenvalue weighted by Crippen LogP contribution is 2.12. The van der Waals surface area contributed by atoms with Crippen LogP contribution in [0.5, 0.6) is 0 Å². The van der Waals surface area contributed by atoms with E-state index in [1.165, 1.54) is 0 Å². The first-order valence-corrected chi connectivity index (χ1v) is 24.4. The number of esters is 3. The van der Waals surface area contributed by atoms with Crippen LogP contribution < -0.4 is 0 Å². The first kappa shape index (κ1) is 57.1. The molecule has 0 fully saturated rings. The lowest BCUT2D eigenvalue weighted by Crippen LogP contribution is -2.30. The maximum atomic E-state index is 12.7. The van der Waals surface area contributed by atoms with Crippen LogP contribution in [0, 0.1) is 0 Å². The SMILES string of the molecule is CC/C=C\C/C=C\C/C=C\C/C=C\C/C=C\CCCCCCCC(=O)OCC(COC(=O)CCCCCCC)OC(=O)CCCCCC/C=C\C/C=C\C/C=C\C/C=C\CC. The number of carbonyl (C=O) groups is 3. The van der Waals surface area contributed by atoms with Crippen LogP contribution in [0.1, 0.15) is 201 Å². The number of rotatable bonds is 42. The van der Waals surface area contributed by atoms with Crippen LogP contribution in [0.2, 0.25) is 0 Å². The van der Waals surface area contributed by atoms with Gasteiger partial charge in [0.2, 0.25) is 0 Å². The first-order valence-electron chi connectivity index (χ1n) is 24.4. The minimum absolute atomic E-state index is 0.0976. The molecule has 0 aromatic rings. The van der Waals surface area contributed by atoms with E-state index in [1.54, 1.807) is 0 Å². The highest BCUT2D eigenvalue weighted by Gasteiger charge is 2.19. The Hall–Kier alpha value is -3.93. The van der Waals surface area contributed by atoms with Crippen molar-refractivity contribution in [3.8, 4) is 0 Å². The van der Waals surface area contributed by atoms with Gasteiger partial charge in [0.05, 0.1) is 0 Å². The Morgan fingerprint density at radius 3 is 1.00 bits per heavy atom. The molecule has 344 valence electrons. The molecule has 0 saturated carbocycles. The zero-order valence-electron chi connectivity index (χ0n) is 39.1. The monoisotopic (exact) mass is 845 g/mol. The molecule has 1 atom stereocenters. The fraction of sp³-hybridized carbons (Fsp3) is 0.618. The van der Waals surface area contributed by atoms with Gasteiger partial charge in [0.1, 0.15) is 13.2 Å². The van der Waals surface area contributed by atoms with Gasteiger partial charge >= 0.3 is 17.9 Å². The third-order valence-corrected chi connectivity index (χ3v) is 9.77. The van der Waals surface area contributed by atoms with E-state index in [1.807, 2.05) is 0 Å². The largest absolute Gasteiger partial charge is 0.462 e. The van der Waals surface area contributed by atoms with E-state index < -0.39 is 6.10 Å². The fourth-order valence-electron chi connectivity index (χ4n) is 6.16. The van der Waals surface area contributed by atoms with Gasteiger partial charge in [-0.15, -0.1) is 0 Å². The highest BCUT2D eigenvalue weighted by molar-refractivity contribution is 5.71. The molecule has 61 heavy (non-hydrogen) atoms. The number of allylic oxidation sites excluding steroid dienone is 18. The summed E-state index contributed by atoms with van der Waals surface area (Å²) < 4.78 is 16.6. The summed E-state index contributed by atoms with van der Waals surface area (Å²) in [4.78, 5) is 37.6. The number of unbranched alkanes of at least 4 members (excludes halogenated alkanes) is 13. The molecular formula is C55H88O6. The molecule has 0 amide bonds. The molecule has 0 aliphatic rings. The second kappa shape index (κ2) is 48.7. The minimum atomic E-state index is -0.797. The summed E-state index contributed by atoms with van der Waals surface area (Å²) in [6.45, 7) is 6.26. The third kappa shape index (κ3) is 47.0. The standard InChI is InChI=1S/C55H88O6/c1-4-7-10-13-15-17-19-21-23-25-26-27-28-30-31-33-35-37-39-42-45-48-54(57)60-51-52(50-59-53(56)47-44-41-12-9-6-3)61-55(58)49-46-43-40-38-36-34-32-29-24-22-20-18-16-14-11-8-5-2/h7-8,10-11,15-18,21-24,26-27,30-32,34,52H,4-6,9,12-14,19-20,25,28-29,33,35-51H2,1-3H3/b10-7-,11-8-,17-15-,18-16-,23-21-,24-22-,27-26-,31-30-,34-32-. The van der Waals surface area contributed by atoms with Crippen LogP contribution in [0.4, 0.5) is 0 Å². The van der Waals surface area contributed by atoms with Gasteiger partial charge < -0.3 is 14.2 Å². The summed E-state index contributed by atoms with van der Waals surface area (Å²) in [6, 6.07) is 0. The maximum Gasteiger partial charge on any atom is 0.306 e. The number of hydrogen-bond donors (Lipinski definition) is 0. The van der Waals surface area contributed by atoms with Gasteiger partial charge in [-0.05, 0) is 103 Å². The molecule has 6 nitrogen and oxygen atoms in total. The van der Waals surface area contributed by atoms with Gasteiger partial charge in [0.25, 0.3) is 0 Å². The Morgan fingerprint density at radius 1 is 0.344 bits per heavy atom. The third-order valence-electron chi connectivity index (χ3n) is 9.77. The van der Waals surface area contributed by atoms with Crippen molar-refractivity contribution < 1.29 is 28.6 Å². The molecule has 0 aliphatic heterocycles. The lowest BCUT2D eigenvalue weighted by atomic mass is 10.1. The van der Waals surface area contributed by atoms with Crippen molar-refractivity contribution in [2.45, 2.75) is 207 Å². The normalized spacial score (nSPS) is 13.0. The Labute approximate surface area is 374 Å². The van der Waals surface area contributed by atoms with E-state index in [2.05, 4.69) is 130 Å². The summed E-state index contributed by atoms with van der Waals surface area (Å²) in [5, 5.41) is 0. The first-order chi connectivity index (χ1) is 30.0. The van der Waals surface area contributed by atoms with Crippen molar-refractivity contribution in [3.05, 3.63) is 109 Å². The van der Waals surface area contributed by atoms with E-state index in [0.717, 1.165) is 161 Å². The molecule has 0 N–H and O–H groups in total. The summed E-state index contributed by atoms with van der Waals surface area (Å²) in [7, 11) is 0. The van der Waals surface area contributed by atoms with Gasteiger partial charge in [0.15, 0.2) is 6.10 Å². The molecule has 1 unspecified atom stereocenters. The van der Waals surface area contributed by atoms with Crippen LogP contribution in [0.3, 0.4) is 0 Å². The predicted molar refractivity (Wildman–Crippen MR) is 260 cm³/mol. The van der Waals surface area contributed by atoms with E-state index >= 15 is 0 Å². The zero-order valence-corrected chi connectivity index (χ0v) is 39.1. The van der Waals surface area contributed by atoms with Gasteiger partial charge in [-0.3, -0.25) is 14.4 Å². The van der Waals surface area contributed by atoms with Crippen molar-refractivity contribution in [3.63, 3.8) is 0 Å². The summed E-state index contributed by atoms with van der Waals surface area (Å²) in [5.41, 5.74) is 0. The lowest BCUT2D eigenvalue weighted by Gasteiger charge is -2.18. The highest BCUT2D eigenvalue weighted by atomic mass is 16.6. The molecule has 0 aromatic carbocycles. The number of hydrogen-bond acceptors (Lipinski definition) is 6. The van der Waals surface area contributed by atoms with Crippen molar-refractivity contribution >= 4 is 17.9 Å². The molecule has 0 saturated heterocycles. The predicted octanol–water partition coefficient (Wildman–Crippen LogP) is 16.0. The zero-order chi connectivity index (χ0) is 44.4. The Bertz CT molecular complexity index is 1290. The molecule has 0 aliphatic carbocycles. The van der Waals surface area contributed by atoms with E-state index in [0.29, 0.717) is 19.3 Å². The van der Waals surface area contributed by atoms with Crippen molar-refractivity contribution in [1.29, 1.82) is 0 Å². The van der Waals surface area contributed by atoms with Crippen LogP contribution >= 0.6 is 0 Å². The number of carbonyl (C=O) groups excluding carboxylic acids is 3. The molecule has 0 spiro atoms. The maximum absolute atomic E-state index is 12.7. The second-order valence-corrected chi connectivity index (χ2v) is 15.6. The second-order valence-electron chi connectivity index (χ2n) is 15.6. The quantitative estimate of drug-likeness (QED) is 0.0264. The summed E-state index contributed by atoms with van der Waals surface area (Å²) in [5.74, 6) is -0.964. The van der Waals surface area contributed by atoms with Gasteiger partial charge in [0, 0.05) is 19.3 Å². The van der Waals surface area contributed by atoms with Gasteiger partial charge in [-0.25, -0.2) is 0 Å². The van der Waals surface area contributed by atoms with Crippen molar-refractivity contribution in [1.82, 2.24) is 0 Å². The Balaban J connectivity index is 4.29. The van der Waals surface area contributed by atoms with Gasteiger partial charge in [-0.1, -0.05) is 188 Å². The molecule has 6 heteroatoms. The molecular weight excluding hydrogens is 757 g/mol. The Morgan fingerprint density at radius 2 is 0.639 bits per heavy atom. The summed E-state index contributed by atoms with van der Waals surface area (Å²) in [6.07, 6.45) is 65.3. The smallest absolute Gasteiger partial charge is 0.306 e. The molecule has 0 radical (unpaired) electrons. The number of ether oxygens (including phenoxy) is 3. The van der Waals surface area contributed by atoms with E-state index in [4.69, 9.17) is 14.2 Å². The average Bonchev–Trinajstić information content (AvgIpc) is 3.26. The average molecular weight is 845 g/mol. The van der Waals surface area contributed by atoms with E-state index in [9.17, 15) is 14.4 Å². The topological polar surface area (TPSA) is 78.9 Å². The fourth-order valence-corrected chi connectivity index (χ4v) is 6.16. The molecule has 0 bridgehead atoms. The van der Waals surface area contributed by atoms with Crippen LogP contribution in [0.25, 0.3) is 0 Å². The molecule has 0 rings (SSSR count). The van der Waals surface area contributed by atoms with E-state index in [-0.39, 0.29) is 31.1 Å². The Kier molecular flexibility index (Phi) is 45.6. The summed E-state index contributed by atoms with van der Waals surface area (Å²) >= 11 is 0. The van der Waals surface area contributed by atoms with Gasteiger partial charge in [-0.2, -0.15) is 0 Å². The molecule has 0 heterocycles. The lowest BCUT2D eigenvalue weighted by molar-refractivity contribution is -0.167. The van der Waals surface area contributed by atoms with Crippen LogP contribution in [0.15, 0.2) is 109 Å². The van der Waals surface area contributed by atoms with Crippen molar-refractivity contribution in [2.75, 3.05) is 13.2 Å². The van der Waals surface area contributed by atoms with Crippen LogP contribution in [-0.2, 0) is 28.6 Å². The molecule has 0 aromatic heterocycles. The minimum Gasteiger partial charge on any atom is -0.462 e. The van der Waals surface area contributed by atoms with Crippen molar-refractivity contribution in [2.24, 2.45) is 0 Å².